The van der Waals surface area contributed by atoms with Crippen LogP contribution in [0.5, 0.6) is 0 Å². The summed E-state index contributed by atoms with van der Waals surface area (Å²) >= 11 is 0. The van der Waals surface area contributed by atoms with E-state index in [0.717, 1.165) is 40.1 Å². The van der Waals surface area contributed by atoms with E-state index in [1.54, 1.807) is 12.1 Å². The molecule has 20 heteroatoms. The number of aliphatic carboxylic acids is 1. The number of hydrogen-bond acceptors (Lipinski definition) is 10. The van der Waals surface area contributed by atoms with Crippen molar-refractivity contribution in [3.63, 3.8) is 0 Å². The Morgan fingerprint density at radius 2 is 1.36 bits per heavy atom. The van der Waals surface area contributed by atoms with Gasteiger partial charge in [0, 0.05) is 53.9 Å². The largest absolute Gasteiger partial charge is 0.481 e. The van der Waals surface area contributed by atoms with Crippen molar-refractivity contribution in [1.29, 1.82) is 0 Å². The zero-order valence-electron chi connectivity index (χ0n) is 37.7. The van der Waals surface area contributed by atoms with E-state index in [1.807, 2.05) is 56.5 Å². The Labute approximate surface area is 392 Å². The lowest BCUT2D eigenvalue weighted by Crippen LogP contribution is -2.34. The van der Waals surface area contributed by atoms with Gasteiger partial charge < -0.3 is 10.0 Å². The van der Waals surface area contributed by atoms with Crippen molar-refractivity contribution in [2.75, 3.05) is 29.5 Å². The van der Waals surface area contributed by atoms with Gasteiger partial charge in [0.25, 0.3) is 40.5 Å². The average molecular weight is 1000 g/mol. The first-order chi connectivity index (χ1) is 31.1. The highest BCUT2D eigenvalue weighted by molar-refractivity contribution is 7.86. The summed E-state index contributed by atoms with van der Waals surface area (Å²) in [5.74, 6) is -1.81. The molecule has 2 aliphatic carbocycles. The summed E-state index contributed by atoms with van der Waals surface area (Å²) in [6.45, 7) is 8.49. The molecule has 67 heavy (non-hydrogen) atoms. The van der Waals surface area contributed by atoms with Crippen molar-refractivity contribution in [3.05, 3.63) is 112 Å². The van der Waals surface area contributed by atoms with Crippen LogP contribution in [0.1, 0.15) is 94.9 Å². The summed E-state index contributed by atoms with van der Waals surface area (Å²) in [4.78, 5) is 12.9. The number of unbranched alkanes of at least 4 members (excludes halogenated alkanes) is 2. The third-order valence-electron chi connectivity index (χ3n) is 13.8. The lowest BCUT2D eigenvalue weighted by Gasteiger charge is -2.39. The van der Waals surface area contributed by atoms with Gasteiger partial charge in [0.15, 0.2) is 5.71 Å². The van der Waals surface area contributed by atoms with Crippen LogP contribution in [0.25, 0.3) is 5.57 Å². The molecule has 0 spiro atoms. The molecular formula is C47H57N2O14S4+. The third kappa shape index (κ3) is 10.7. The van der Waals surface area contributed by atoms with E-state index in [0.29, 0.717) is 61.3 Å². The van der Waals surface area contributed by atoms with Crippen LogP contribution in [0.15, 0.2) is 100.0 Å². The van der Waals surface area contributed by atoms with Gasteiger partial charge in [-0.3, -0.25) is 23.0 Å². The van der Waals surface area contributed by atoms with Gasteiger partial charge in [-0.1, -0.05) is 50.3 Å². The number of hydrogen-bond donors (Lipinski definition) is 5. The Morgan fingerprint density at radius 1 is 0.731 bits per heavy atom. The minimum atomic E-state index is -4.55. The monoisotopic (exact) mass is 1000 g/mol. The number of anilines is 1. The van der Waals surface area contributed by atoms with Crippen LogP contribution in [-0.4, -0.2) is 97.8 Å². The second kappa shape index (κ2) is 18.4. The lowest BCUT2D eigenvalue weighted by molar-refractivity contribution is -0.438. The molecule has 3 aromatic rings. The van der Waals surface area contributed by atoms with E-state index in [2.05, 4.69) is 23.1 Å². The second-order valence-electron chi connectivity index (χ2n) is 19.0. The summed E-state index contributed by atoms with van der Waals surface area (Å²) in [7, 11) is -17.5. The smallest absolute Gasteiger partial charge is 0.303 e. The van der Waals surface area contributed by atoms with Crippen LogP contribution in [0.4, 0.5) is 11.4 Å². The molecule has 0 amide bonds. The van der Waals surface area contributed by atoms with E-state index < -0.39 is 68.8 Å². The fourth-order valence-electron chi connectivity index (χ4n) is 10.5. The number of aryl methyl sites for hydroxylation is 1. The Kier molecular flexibility index (Phi) is 13.8. The summed E-state index contributed by atoms with van der Waals surface area (Å²) in [6, 6.07) is 16.9. The van der Waals surface area contributed by atoms with Crippen molar-refractivity contribution in [1.82, 2.24) is 0 Å². The maximum atomic E-state index is 12.3. The predicted octanol–water partition coefficient (Wildman–Crippen LogP) is 7.26. The minimum Gasteiger partial charge on any atom is -0.481 e. The molecule has 0 radical (unpaired) electrons. The molecule has 4 aliphatic rings. The highest BCUT2D eigenvalue weighted by Gasteiger charge is 2.53. The van der Waals surface area contributed by atoms with Crippen molar-refractivity contribution in [2.45, 2.75) is 99.7 Å². The maximum absolute atomic E-state index is 12.3. The van der Waals surface area contributed by atoms with E-state index in [4.69, 9.17) is 0 Å². The van der Waals surface area contributed by atoms with Gasteiger partial charge in [-0.25, -0.2) is 0 Å². The van der Waals surface area contributed by atoms with Crippen LogP contribution >= 0.6 is 0 Å². The molecular weight excluding hydrogens is 945 g/mol. The topological polar surface area (TPSA) is 261 Å². The van der Waals surface area contributed by atoms with E-state index >= 15 is 0 Å². The summed E-state index contributed by atoms with van der Waals surface area (Å²) in [5.41, 5.74) is 6.82. The molecule has 3 unspecified atom stereocenters. The lowest BCUT2D eigenvalue weighted by atomic mass is 9.66. The SMILES string of the molecule is CC1(C)C(=CC2C3CC2C(c2cccc(CCCC(=O)O)c2)=C3C=CC2=[N+](CCCCS(=O)(=O)O)c3ccc(S(=O)(=O)O)cc3C2(C)C)N(CCCCS(=O)(=O)O)c2ccc(S(=O)(=O)O)cc21. The van der Waals surface area contributed by atoms with Crippen molar-refractivity contribution in [2.24, 2.45) is 17.8 Å². The van der Waals surface area contributed by atoms with Crippen LogP contribution in [0.3, 0.4) is 0 Å². The van der Waals surface area contributed by atoms with Crippen molar-refractivity contribution < 1.29 is 66.4 Å². The number of carboxylic acid groups (broad SMARTS) is 1. The maximum Gasteiger partial charge on any atom is 0.303 e. The normalized spacial score (nSPS) is 21.6. The number of carbonyl (C=O) groups is 1. The summed E-state index contributed by atoms with van der Waals surface area (Å²) in [6.07, 6.45) is 9.19. The van der Waals surface area contributed by atoms with E-state index in [-0.39, 0.29) is 46.8 Å². The zero-order valence-corrected chi connectivity index (χ0v) is 40.9. The molecule has 7 rings (SSSR count). The first-order valence-corrected chi connectivity index (χ1v) is 28.2. The molecule has 1 saturated carbocycles. The molecule has 362 valence electrons. The van der Waals surface area contributed by atoms with Crippen LogP contribution in [0.2, 0.25) is 0 Å². The second-order valence-corrected chi connectivity index (χ2v) is 24.9. The summed E-state index contributed by atoms with van der Waals surface area (Å²) < 4.78 is 137. The number of fused-ring (bicyclic) bond motifs is 4. The van der Waals surface area contributed by atoms with Gasteiger partial charge >= 0.3 is 5.97 Å². The van der Waals surface area contributed by atoms with Gasteiger partial charge in [0.05, 0.1) is 26.7 Å². The third-order valence-corrected chi connectivity index (χ3v) is 17.1. The number of allylic oxidation sites excluding steroid dienone is 6. The molecule has 16 nitrogen and oxygen atoms in total. The number of rotatable bonds is 20. The van der Waals surface area contributed by atoms with Gasteiger partial charge in [-0.05, 0) is 128 Å². The number of benzene rings is 3. The Hall–Kier alpha value is -4.54. The molecule has 2 aliphatic heterocycles. The minimum absolute atomic E-state index is 0.00772. The first kappa shape index (κ1) is 50.3. The molecule has 3 atom stereocenters. The fraction of sp³-hybridized carbons (Fsp3) is 0.447. The van der Waals surface area contributed by atoms with Crippen LogP contribution in [-0.2, 0) is 62.5 Å². The molecule has 2 heterocycles. The van der Waals surface area contributed by atoms with E-state index in [9.17, 15) is 61.8 Å². The Balaban J connectivity index is 1.33. The highest BCUT2D eigenvalue weighted by atomic mass is 32.2. The average Bonchev–Trinajstić information content (AvgIpc) is 3.86. The predicted molar refractivity (Wildman–Crippen MR) is 253 cm³/mol. The quantitative estimate of drug-likeness (QED) is 0.0424. The number of nitrogens with zero attached hydrogens (tertiary/aromatic N) is 2. The Bertz CT molecular complexity index is 3100. The number of carboxylic acids is 1. The highest BCUT2D eigenvalue weighted by Crippen LogP contribution is 2.63. The van der Waals surface area contributed by atoms with Crippen molar-refractivity contribution in [3.8, 4) is 0 Å². The molecule has 0 aromatic heterocycles. The molecule has 2 bridgehead atoms. The summed E-state index contributed by atoms with van der Waals surface area (Å²) in [5, 5.41) is 9.32. The van der Waals surface area contributed by atoms with Crippen LogP contribution in [0, 0.1) is 17.8 Å². The van der Waals surface area contributed by atoms with Gasteiger partial charge in [-0.2, -0.15) is 38.2 Å². The standard InChI is InChI=1S/C47H56N2O14S4/c1-46(2)38-26-32(66(58,59)60)15-18-40(38)48(21-5-7-23-64(52,53)54)42(46)20-17-34-35-28-37(45(34)31-13-9-11-30(25-31)12-10-14-44(50)51)36(35)29-43-47(3,4)39-27-33(67(61,62)63)16-19-41(39)49(43)22-6-8-24-65(55,56)57/h9,11,13,15-20,25-27,29,35-37H,5-8,10,12,14,21-24,28H2,1-4H3,(H4-,50,51,52,53,54,55,56,57,58,59,60,61,62,63)/p+1. The van der Waals surface area contributed by atoms with Gasteiger partial charge in [0.2, 0.25) is 5.69 Å². The Morgan fingerprint density at radius 3 is 1.99 bits per heavy atom. The molecule has 3 aromatic carbocycles. The first-order valence-electron chi connectivity index (χ1n) is 22.1. The van der Waals surface area contributed by atoms with Gasteiger partial charge in [-0.15, -0.1) is 0 Å². The molecule has 5 N–H and O–H groups in total. The fourth-order valence-corrected chi connectivity index (χ4v) is 12.6. The van der Waals surface area contributed by atoms with Crippen LogP contribution < -0.4 is 4.90 Å². The molecule has 1 fully saturated rings. The van der Waals surface area contributed by atoms with Gasteiger partial charge in [0.1, 0.15) is 6.54 Å². The van der Waals surface area contributed by atoms with E-state index in [1.165, 1.54) is 24.3 Å². The van der Waals surface area contributed by atoms with Crippen molar-refractivity contribution >= 4 is 69.1 Å². The molecule has 0 saturated heterocycles. The zero-order chi connectivity index (χ0) is 49.1.